The Hall–Kier alpha value is -0.360. The fraction of sp³-hybridized carbons (Fsp3) is 0.167. The van der Waals surface area contributed by atoms with Gasteiger partial charge in [0.05, 0.1) is 0 Å². The quantitative estimate of drug-likeness (QED) is 0.788. The summed E-state index contributed by atoms with van der Waals surface area (Å²) in [6.45, 7) is 1.65. The van der Waals surface area contributed by atoms with Crippen molar-refractivity contribution < 1.29 is 0 Å². The molecular formula is C12H12Br2N2S. The fourth-order valence-corrected chi connectivity index (χ4v) is 3.29. The normalized spacial score (nSPS) is 10.7. The van der Waals surface area contributed by atoms with E-state index in [4.69, 9.17) is 5.73 Å². The van der Waals surface area contributed by atoms with Gasteiger partial charge in [0.1, 0.15) is 0 Å². The van der Waals surface area contributed by atoms with Crippen molar-refractivity contribution in [3.63, 3.8) is 0 Å². The predicted molar refractivity (Wildman–Crippen MR) is 81.1 cm³/mol. The third-order valence-electron chi connectivity index (χ3n) is 2.34. The van der Waals surface area contributed by atoms with E-state index < -0.39 is 0 Å². The van der Waals surface area contributed by atoms with E-state index in [9.17, 15) is 0 Å². The topological polar surface area (TPSA) is 38.0 Å². The first-order chi connectivity index (χ1) is 8.15. The lowest BCUT2D eigenvalue weighted by molar-refractivity contribution is 0.702. The second kappa shape index (κ2) is 6.00. The van der Waals surface area contributed by atoms with Crippen LogP contribution in [0.5, 0.6) is 0 Å². The molecule has 0 spiro atoms. The molecule has 1 aromatic heterocycles. The Kier molecular flexibility index (Phi) is 4.62. The third-order valence-corrected chi connectivity index (χ3v) is 4.54. The molecule has 0 saturated carbocycles. The largest absolute Gasteiger partial charge is 0.398 e. The highest BCUT2D eigenvalue weighted by molar-refractivity contribution is 9.10. The monoisotopic (exact) mass is 374 g/mol. The van der Waals surface area contributed by atoms with E-state index in [1.165, 1.54) is 4.88 Å². The molecule has 0 radical (unpaired) electrons. The predicted octanol–water partition coefficient (Wildman–Crippen LogP) is 4.15. The SMILES string of the molecule is Nc1cc(Br)ccc1CNCc1cc(Br)cs1. The van der Waals surface area contributed by atoms with Crippen molar-refractivity contribution in [1.82, 2.24) is 5.32 Å². The molecule has 0 amide bonds. The van der Waals surface area contributed by atoms with Gasteiger partial charge in [-0.3, -0.25) is 0 Å². The lowest BCUT2D eigenvalue weighted by Crippen LogP contribution is -2.13. The number of nitrogen functional groups attached to an aromatic ring is 1. The Bertz CT molecular complexity index is 511. The molecule has 90 valence electrons. The van der Waals surface area contributed by atoms with Crippen LogP contribution in [0.15, 0.2) is 38.6 Å². The minimum atomic E-state index is 0.786. The van der Waals surface area contributed by atoms with Gasteiger partial charge in [0.15, 0.2) is 0 Å². The molecule has 5 heteroatoms. The summed E-state index contributed by atoms with van der Waals surface area (Å²) in [6.07, 6.45) is 0. The van der Waals surface area contributed by atoms with Crippen LogP contribution in [0, 0.1) is 0 Å². The number of thiophene rings is 1. The van der Waals surface area contributed by atoms with Gasteiger partial charge in [-0.15, -0.1) is 11.3 Å². The highest BCUT2D eigenvalue weighted by atomic mass is 79.9. The van der Waals surface area contributed by atoms with Gasteiger partial charge in [-0.1, -0.05) is 22.0 Å². The van der Waals surface area contributed by atoms with Crippen molar-refractivity contribution in [3.05, 3.63) is 49.0 Å². The van der Waals surface area contributed by atoms with E-state index in [0.717, 1.165) is 33.3 Å². The number of hydrogen-bond donors (Lipinski definition) is 2. The summed E-state index contributed by atoms with van der Waals surface area (Å²) in [5.41, 5.74) is 7.88. The van der Waals surface area contributed by atoms with Crippen LogP contribution in [0.25, 0.3) is 0 Å². The summed E-state index contributed by atoms with van der Waals surface area (Å²) in [5.74, 6) is 0. The number of benzene rings is 1. The van der Waals surface area contributed by atoms with E-state index >= 15 is 0 Å². The van der Waals surface area contributed by atoms with Crippen LogP contribution in [0.2, 0.25) is 0 Å². The third kappa shape index (κ3) is 3.81. The molecule has 17 heavy (non-hydrogen) atoms. The van der Waals surface area contributed by atoms with Gasteiger partial charge in [0, 0.05) is 38.0 Å². The Morgan fingerprint density at radius 3 is 2.59 bits per heavy atom. The van der Waals surface area contributed by atoms with Crippen LogP contribution in [-0.4, -0.2) is 0 Å². The summed E-state index contributed by atoms with van der Waals surface area (Å²) < 4.78 is 2.16. The van der Waals surface area contributed by atoms with Crippen LogP contribution >= 0.6 is 43.2 Å². The molecule has 1 aromatic carbocycles. The first-order valence-corrected chi connectivity index (χ1v) is 7.59. The Labute approximate surface area is 121 Å². The van der Waals surface area contributed by atoms with E-state index in [2.05, 4.69) is 48.6 Å². The van der Waals surface area contributed by atoms with E-state index in [-0.39, 0.29) is 0 Å². The van der Waals surface area contributed by atoms with Crippen molar-refractivity contribution >= 4 is 48.9 Å². The molecule has 0 fully saturated rings. The zero-order valence-electron chi connectivity index (χ0n) is 9.04. The lowest BCUT2D eigenvalue weighted by atomic mass is 10.2. The number of halogens is 2. The zero-order chi connectivity index (χ0) is 12.3. The summed E-state index contributed by atoms with van der Waals surface area (Å²) in [6, 6.07) is 8.10. The number of nitrogens with two attached hydrogens (primary N) is 1. The molecule has 0 bridgehead atoms. The molecule has 2 rings (SSSR count). The van der Waals surface area contributed by atoms with Crippen LogP contribution < -0.4 is 11.1 Å². The molecule has 0 aliphatic rings. The van der Waals surface area contributed by atoms with Gasteiger partial charge in [-0.2, -0.15) is 0 Å². The number of rotatable bonds is 4. The van der Waals surface area contributed by atoms with Crippen molar-refractivity contribution in [2.24, 2.45) is 0 Å². The minimum absolute atomic E-state index is 0.786. The van der Waals surface area contributed by atoms with E-state index in [0.29, 0.717) is 0 Å². The van der Waals surface area contributed by atoms with Crippen molar-refractivity contribution in [2.75, 3.05) is 5.73 Å². The second-order valence-electron chi connectivity index (χ2n) is 3.68. The maximum absolute atomic E-state index is 5.93. The van der Waals surface area contributed by atoms with Crippen LogP contribution in [0.3, 0.4) is 0 Å². The molecule has 0 aliphatic carbocycles. The minimum Gasteiger partial charge on any atom is -0.398 e. The summed E-state index contributed by atoms with van der Waals surface area (Å²) >= 11 is 8.59. The highest BCUT2D eigenvalue weighted by Gasteiger charge is 2.01. The Morgan fingerprint density at radius 1 is 1.12 bits per heavy atom. The first kappa shape index (κ1) is 13.1. The second-order valence-corrected chi connectivity index (χ2v) is 6.51. The smallest absolute Gasteiger partial charge is 0.0370 e. The average Bonchev–Trinajstić information content (AvgIpc) is 2.68. The van der Waals surface area contributed by atoms with Crippen LogP contribution in [0.4, 0.5) is 5.69 Å². The standard InChI is InChI=1S/C12H12Br2N2S/c13-9-2-1-8(12(15)4-9)5-16-6-11-3-10(14)7-17-11/h1-4,7,16H,5-6,15H2. The van der Waals surface area contributed by atoms with E-state index in [1.54, 1.807) is 11.3 Å². The molecule has 1 heterocycles. The van der Waals surface area contributed by atoms with Gasteiger partial charge in [0.2, 0.25) is 0 Å². The molecule has 0 atom stereocenters. The molecular weight excluding hydrogens is 364 g/mol. The fourth-order valence-electron chi connectivity index (χ4n) is 1.49. The Balaban J connectivity index is 1.90. The molecule has 3 N–H and O–H groups in total. The summed E-state index contributed by atoms with van der Waals surface area (Å²) in [5, 5.41) is 5.47. The zero-order valence-corrected chi connectivity index (χ0v) is 13.0. The molecule has 2 aromatic rings. The van der Waals surface area contributed by atoms with Gasteiger partial charge in [0.25, 0.3) is 0 Å². The molecule has 2 nitrogen and oxygen atoms in total. The van der Waals surface area contributed by atoms with Crippen molar-refractivity contribution in [3.8, 4) is 0 Å². The van der Waals surface area contributed by atoms with Crippen molar-refractivity contribution in [2.45, 2.75) is 13.1 Å². The van der Waals surface area contributed by atoms with Crippen LogP contribution in [0.1, 0.15) is 10.4 Å². The first-order valence-electron chi connectivity index (χ1n) is 5.12. The molecule has 0 aliphatic heterocycles. The number of anilines is 1. The number of nitrogens with one attached hydrogen (secondary N) is 1. The van der Waals surface area contributed by atoms with Crippen molar-refractivity contribution in [1.29, 1.82) is 0 Å². The maximum atomic E-state index is 5.93. The van der Waals surface area contributed by atoms with Gasteiger partial charge in [-0.25, -0.2) is 0 Å². The number of hydrogen-bond acceptors (Lipinski definition) is 3. The van der Waals surface area contributed by atoms with Gasteiger partial charge in [-0.05, 0) is 39.7 Å². The highest BCUT2D eigenvalue weighted by Crippen LogP contribution is 2.20. The van der Waals surface area contributed by atoms with Crippen LogP contribution in [-0.2, 0) is 13.1 Å². The average molecular weight is 376 g/mol. The van der Waals surface area contributed by atoms with Gasteiger partial charge < -0.3 is 11.1 Å². The van der Waals surface area contributed by atoms with Gasteiger partial charge >= 0.3 is 0 Å². The Morgan fingerprint density at radius 2 is 1.94 bits per heavy atom. The maximum Gasteiger partial charge on any atom is 0.0370 e. The van der Waals surface area contributed by atoms with E-state index in [1.807, 2.05) is 18.2 Å². The molecule has 0 unspecified atom stereocenters. The lowest BCUT2D eigenvalue weighted by Gasteiger charge is -2.07. The summed E-state index contributed by atoms with van der Waals surface area (Å²) in [7, 11) is 0. The summed E-state index contributed by atoms with van der Waals surface area (Å²) in [4.78, 5) is 1.31. The molecule has 0 saturated heterocycles.